The molecule has 0 saturated heterocycles. The average molecular weight is 283 g/mol. The summed E-state index contributed by atoms with van der Waals surface area (Å²) >= 11 is 1.63. The molecule has 0 aliphatic rings. The molecule has 0 N–H and O–H groups in total. The lowest BCUT2D eigenvalue weighted by atomic mass is 10.1. The zero-order chi connectivity index (χ0) is 14.7. The van der Waals surface area contributed by atoms with Gasteiger partial charge in [0.15, 0.2) is 5.16 Å². The number of thioether (sulfide) groups is 1. The quantitative estimate of drug-likeness (QED) is 0.633. The molecule has 1 aromatic carbocycles. The van der Waals surface area contributed by atoms with Crippen LogP contribution in [0.1, 0.15) is 33.6 Å². The van der Waals surface area contributed by atoms with Gasteiger partial charge in [0, 0.05) is 17.1 Å². The van der Waals surface area contributed by atoms with Crippen molar-refractivity contribution in [2.75, 3.05) is 0 Å². The van der Waals surface area contributed by atoms with E-state index in [4.69, 9.17) is 5.26 Å². The first-order chi connectivity index (χ1) is 9.51. The van der Waals surface area contributed by atoms with Crippen molar-refractivity contribution in [3.8, 4) is 6.07 Å². The average Bonchev–Trinajstić information content (AvgIpc) is 2.43. The number of nitriles is 1. The molecule has 0 amide bonds. The molecule has 1 heterocycles. The van der Waals surface area contributed by atoms with Gasteiger partial charge in [0.1, 0.15) is 0 Å². The Hall–Kier alpha value is -1.86. The Morgan fingerprint density at radius 2 is 1.75 bits per heavy atom. The van der Waals surface area contributed by atoms with E-state index in [9.17, 15) is 0 Å². The van der Waals surface area contributed by atoms with Crippen LogP contribution in [0, 0.1) is 39.0 Å². The number of rotatable bonds is 3. The topological polar surface area (TPSA) is 49.6 Å². The highest BCUT2D eigenvalue weighted by atomic mass is 32.2. The second-order valence-electron chi connectivity index (χ2n) is 4.84. The van der Waals surface area contributed by atoms with Crippen LogP contribution in [0.5, 0.6) is 0 Å². The predicted molar refractivity (Wildman–Crippen MR) is 81.7 cm³/mol. The maximum absolute atomic E-state index is 8.87. The van der Waals surface area contributed by atoms with Crippen LogP contribution in [0.2, 0.25) is 0 Å². The lowest BCUT2D eigenvalue weighted by molar-refractivity contribution is 0.880. The molecule has 0 aliphatic heterocycles. The zero-order valence-electron chi connectivity index (χ0n) is 12.2. The third-order valence-electron chi connectivity index (χ3n) is 3.44. The van der Waals surface area contributed by atoms with Crippen molar-refractivity contribution in [3.05, 3.63) is 51.8 Å². The van der Waals surface area contributed by atoms with Crippen molar-refractivity contribution in [1.29, 1.82) is 5.26 Å². The van der Waals surface area contributed by atoms with Crippen molar-refractivity contribution >= 4 is 11.8 Å². The number of aromatic nitrogens is 2. The highest BCUT2D eigenvalue weighted by Gasteiger charge is 2.07. The monoisotopic (exact) mass is 283 g/mol. The number of nitrogens with zero attached hydrogens (tertiary/aromatic N) is 3. The lowest BCUT2D eigenvalue weighted by Crippen LogP contribution is -1.98. The van der Waals surface area contributed by atoms with Crippen molar-refractivity contribution in [3.63, 3.8) is 0 Å². The first-order valence-electron chi connectivity index (χ1n) is 6.45. The van der Waals surface area contributed by atoms with Crippen molar-refractivity contribution in [2.45, 2.75) is 38.6 Å². The van der Waals surface area contributed by atoms with E-state index in [1.165, 1.54) is 5.56 Å². The molecule has 102 valence electrons. The van der Waals surface area contributed by atoms with E-state index in [1.54, 1.807) is 11.8 Å². The number of hydrogen-bond acceptors (Lipinski definition) is 4. The summed E-state index contributed by atoms with van der Waals surface area (Å²) in [6, 6.07) is 7.94. The summed E-state index contributed by atoms with van der Waals surface area (Å²) in [7, 11) is 0. The summed E-state index contributed by atoms with van der Waals surface area (Å²) in [6.07, 6.45) is 0. The molecule has 0 aliphatic carbocycles. The molecule has 0 spiro atoms. The number of aryl methyl sites for hydroxylation is 3. The van der Waals surface area contributed by atoms with Crippen LogP contribution in [0.25, 0.3) is 0 Å². The molecule has 20 heavy (non-hydrogen) atoms. The molecule has 0 fully saturated rings. The van der Waals surface area contributed by atoms with E-state index in [0.29, 0.717) is 5.56 Å². The van der Waals surface area contributed by atoms with Crippen LogP contribution in [-0.4, -0.2) is 9.97 Å². The van der Waals surface area contributed by atoms with Crippen LogP contribution in [0.3, 0.4) is 0 Å². The van der Waals surface area contributed by atoms with Crippen LogP contribution in [-0.2, 0) is 5.75 Å². The molecule has 0 radical (unpaired) electrons. The van der Waals surface area contributed by atoms with Crippen LogP contribution < -0.4 is 0 Å². The molecular weight excluding hydrogens is 266 g/mol. The van der Waals surface area contributed by atoms with Gasteiger partial charge in [0.2, 0.25) is 0 Å². The fourth-order valence-electron chi connectivity index (χ4n) is 1.88. The molecule has 0 bridgehead atoms. The van der Waals surface area contributed by atoms with E-state index < -0.39 is 0 Å². The predicted octanol–water partition coefficient (Wildman–Crippen LogP) is 3.87. The second-order valence-corrected chi connectivity index (χ2v) is 5.79. The molecule has 2 rings (SSSR count). The van der Waals surface area contributed by atoms with E-state index in [0.717, 1.165) is 33.4 Å². The van der Waals surface area contributed by atoms with Gasteiger partial charge in [-0.2, -0.15) is 5.26 Å². The molecule has 0 saturated carbocycles. The van der Waals surface area contributed by atoms with E-state index in [-0.39, 0.29) is 0 Å². The largest absolute Gasteiger partial charge is 0.228 e. The summed E-state index contributed by atoms with van der Waals surface area (Å²) in [5.41, 5.74) is 6.29. The Kier molecular flexibility index (Phi) is 4.41. The molecule has 0 atom stereocenters. The van der Waals surface area contributed by atoms with Crippen LogP contribution in [0.4, 0.5) is 0 Å². The third-order valence-corrected chi connectivity index (χ3v) is 4.34. The van der Waals surface area contributed by atoms with Gasteiger partial charge in [-0.05, 0) is 56.5 Å². The summed E-state index contributed by atoms with van der Waals surface area (Å²) in [5, 5.41) is 9.69. The summed E-state index contributed by atoms with van der Waals surface area (Å²) in [5.74, 6) is 0.819. The first-order valence-corrected chi connectivity index (χ1v) is 7.44. The minimum Gasteiger partial charge on any atom is -0.228 e. The highest BCUT2D eigenvalue weighted by molar-refractivity contribution is 7.98. The van der Waals surface area contributed by atoms with Crippen LogP contribution >= 0.6 is 11.8 Å². The van der Waals surface area contributed by atoms with Crippen molar-refractivity contribution < 1.29 is 0 Å². The molecule has 4 heteroatoms. The Morgan fingerprint density at radius 3 is 2.30 bits per heavy atom. The SMILES string of the molecule is Cc1cc(C#N)ccc1CSc1nc(C)c(C)c(C)n1. The van der Waals surface area contributed by atoms with E-state index >= 15 is 0 Å². The molecule has 2 aromatic rings. The van der Waals surface area contributed by atoms with Crippen molar-refractivity contribution in [1.82, 2.24) is 9.97 Å². The Balaban J connectivity index is 2.15. The molecule has 1 aromatic heterocycles. The van der Waals surface area contributed by atoms with Gasteiger partial charge in [-0.15, -0.1) is 0 Å². The Labute approximate surface area is 124 Å². The van der Waals surface area contributed by atoms with Gasteiger partial charge in [-0.1, -0.05) is 17.8 Å². The van der Waals surface area contributed by atoms with Gasteiger partial charge in [0.05, 0.1) is 11.6 Å². The Bertz CT molecular complexity index is 664. The van der Waals surface area contributed by atoms with Gasteiger partial charge in [-0.3, -0.25) is 0 Å². The molecule has 3 nitrogen and oxygen atoms in total. The number of hydrogen-bond donors (Lipinski definition) is 0. The second kappa shape index (κ2) is 6.06. The summed E-state index contributed by atoms with van der Waals surface area (Å²) < 4.78 is 0. The standard InChI is InChI=1S/C16H17N3S/c1-10-7-14(8-17)5-6-15(10)9-20-16-18-12(3)11(2)13(4)19-16/h5-7H,9H2,1-4H3. The summed E-state index contributed by atoms with van der Waals surface area (Å²) in [4.78, 5) is 9.02. The highest BCUT2D eigenvalue weighted by Crippen LogP contribution is 2.23. The molecule has 0 unspecified atom stereocenters. The van der Waals surface area contributed by atoms with Gasteiger partial charge in [-0.25, -0.2) is 9.97 Å². The smallest absolute Gasteiger partial charge is 0.188 e. The van der Waals surface area contributed by atoms with Gasteiger partial charge in [0.25, 0.3) is 0 Å². The van der Waals surface area contributed by atoms with Gasteiger partial charge < -0.3 is 0 Å². The maximum atomic E-state index is 8.87. The van der Waals surface area contributed by atoms with Gasteiger partial charge >= 0.3 is 0 Å². The Morgan fingerprint density at radius 1 is 1.10 bits per heavy atom. The first kappa shape index (κ1) is 14.5. The number of benzene rings is 1. The fraction of sp³-hybridized carbons (Fsp3) is 0.312. The maximum Gasteiger partial charge on any atom is 0.188 e. The van der Waals surface area contributed by atoms with E-state index in [2.05, 4.69) is 16.0 Å². The minimum absolute atomic E-state index is 0.703. The third kappa shape index (κ3) is 3.17. The van der Waals surface area contributed by atoms with E-state index in [1.807, 2.05) is 45.9 Å². The lowest BCUT2D eigenvalue weighted by Gasteiger charge is -2.08. The van der Waals surface area contributed by atoms with Crippen molar-refractivity contribution in [2.24, 2.45) is 0 Å². The zero-order valence-corrected chi connectivity index (χ0v) is 13.0. The fourth-order valence-corrected chi connectivity index (χ4v) is 2.89. The molecular formula is C16H17N3S. The van der Waals surface area contributed by atoms with Crippen LogP contribution in [0.15, 0.2) is 23.4 Å². The summed E-state index contributed by atoms with van der Waals surface area (Å²) in [6.45, 7) is 8.11. The minimum atomic E-state index is 0.703. The normalized spacial score (nSPS) is 10.3.